The Morgan fingerprint density at radius 3 is 1.94 bits per heavy atom. The van der Waals surface area contributed by atoms with Crippen LogP contribution in [0.4, 0.5) is 0 Å². The van der Waals surface area contributed by atoms with Crippen molar-refractivity contribution >= 4 is 12.4 Å². The van der Waals surface area contributed by atoms with Crippen LogP contribution < -0.4 is 10.6 Å². The molecule has 0 aromatic rings. The largest absolute Gasteiger partial charge is 0.147 e. The van der Waals surface area contributed by atoms with Crippen molar-refractivity contribution in [3.8, 4) is 0 Å². The normalized spacial score (nSPS) is 21.3. The van der Waals surface area contributed by atoms with Gasteiger partial charge in [-0.2, -0.15) is 0 Å². The van der Waals surface area contributed by atoms with Crippen LogP contribution in [0.25, 0.3) is 0 Å². The van der Waals surface area contributed by atoms with Crippen LogP contribution in [0.1, 0.15) is 19.3 Å². The second-order valence-corrected chi connectivity index (χ2v) is 5.75. The number of halogens is 1. The van der Waals surface area contributed by atoms with Crippen LogP contribution in [0, 0.1) is 0 Å². The first-order valence-corrected chi connectivity index (χ1v) is 7.22. The van der Waals surface area contributed by atoms with E-state index in [-0.39, 0.29) is 32.2 Å². The minimum absolute atomic E-state index is 0. The zero-order valence-electron chi connectivity index (χ0n) is 10.1. The summed E-state index contributed by atoms with van der Waals surface area (Å²) in [5, 5.41) is 6.94. The monoisotopic (exact) mass is 285 g/mol. The van der Waals surface area contributed by atoms with Crippen LogP contribution >= 0.6 is 12.4 Å². The van der Waals surface area contributed by atoms with E-state index in [2.05, 4.69) is 14.0 Å². The molecule has 0 amide bonds. The summed E-state index contributed by atoms with van der Waals surface area (Å²) in [6.07, 6.45) is 3.75. The molecule has 0 aromatic carbocycles. The second-order valence-electron chi connectivity index (χ2n) is 3.84. The van der Waals surface area contributed by atoms with Crippen molar-refractivity contribution in [1.29, 1.82) is 0 Å². The summed E-state index contributed by atoms with van der Waals surface area (Å²) >= 11 is -0.311. The fraction of sp³-hybridized carbons (Fsp3) is 1.00. The zero-order valence-corrected chi connectivity index (χ0v) is 12.5. The molecule has 16 heavy (non-hydrogen) atoms. The predicted octanol–water partition coefficient (Wildman–Crippen LogP) is 0.632. The van der Waals surface area contributed by atoms with E-state index in [1.807, 2.05) is 7.11 Å². The molecule has 1 heterocycles. The fourth-order valence-corrected chi connectivity index (χ4v) is 2.89. The molecule has 0 saturated carbocycles. The Bertz CT molecular complexity index is 142. The first kappa shape index (κ1) is 16.8. The molecule has 0 radical (unpaired) electrons. The van der Waals surface area contributed by atoms with Crippen LogP contribution in [0.5, 0.6) is 0 Å². The SMILES string of the molecule is C[O][Ti][N]1CCCNCCCNCCC1.Cl. The molecule has 1 rings (SSSR count). The average Bonchev–Trinajstić information content (AvgIpc) is 2.22. The van der Waals surface area contributed by atoms with Crippen LogP contribution in [0.2, 0.25) is 0 Å². The third-order valence-electron chi connectivity index (χ3n) is 2.49. The first-order chi connectivity index (χ1) is 7.43. The summed E-state index contributed by atoms with van der Waals surface area (Å²) in [6.45, 7) is 6.97. The number of rotatable bonds is 2. The van der Waals surface area contributed by atoms with Crippen LogP contribution in [-0.4, -0.2) is 49.8 Å². The number of hydrogen-bond acceptors (Lipinski definition) is 4. The van der Waals surface area contributed by atoms with Gasteiger partial charge in [0, 0.05) is 0 Å². The molecule has 4 nitrogen and oxygen atoms in total. The fourth-order valence-electron chi connectivity index (χ4n) is 1.71. The van der Waals surface area contributed by atoms with Gasteiger partial charge in [-0.25, -0.2) is 0 Å². The summed E-state index contributed by atoms with van der Waals surface area (Å²) in [7, 11) is 1.83. The Hall–Kier alpha value is 0.844. The van der Waals surface area contributed by atoms with E-state index in [0.29, 0.717) is 0 Å². The van der Waals surface area contributed by atoms with E-state index in [9.17, 15) is 0 Å². The van der Waals surface area contributed by atoms with Gasteiger partial charge in [0.15, 0.2) is 0 Å². The summed E-state index contributed by atoms with van der Waals surface area (Å²) in [5.74, 6) is 0. The first-order valence-electron chi connectivity index (χ1n) is 5.88. The molecule has 1 fully saturated rings. The van der Waals surface area contributed by atoms with Crippen molar-refractivity contribution in [2.75, 3.05) is 46.4 Å². The van der Waals surface area contributed by atoms with E-state index >= 15 is 0 Å². The molecule has 1 aliphatic heterocycles. The number of nitrogens with one attached hydrogen (secondary N) is 2. The second kappa shape index (κ2) is 12.3. The summed E-state index contributed by atoms with van der Waals surface area (Å²) in [4.78, 5) is 0. The van der Waals surface area contributed by atoms with Crippen molar-refractivity contribution < 1.29 is 23.1 Å². The van der Waals surface area contributed by atoms with E-state index < -0.39 is 0 Å². The van der Waals surface area contributed by atoms with Crippen LogP contribution in [0.15, 0.2) is 0 Å². The average molecular weight is 286 g/mol. The van der Waals surface area contributed by atoms with Gasteiger partial charge in [-0.15, -0.1) is 12.4 Å². The van der Waals surface area contributed by atoms with Crippen LogP contribution in [0.3, 0.4) is 0 Å². The van der Waals surface area contributed by atoms with E-state index in [4.69, 9.17) is 3.32 Å². The molecular formula is C10H24ClN3OTi. The Morgan fingerprint density at radius 2 is 1.44 bits per heavy atom. The third-order valence-corrected chi connectivity index (χ3v) is 3.88. The molecule has 0 spiro atoms. The zero-order chi connectivity index (χ0) is 10.8. The van der Waals surface area contributed by atoms with Crippen molar-refractivity contribution in [3.05, 3.63) is 0 Å². The molecule has 1 aliphatic rings. The Kier molecular flexibility index (Phi) is 13.0. The van der Waals surface area contributed by atoms with E-state index in [1.165, 1.54) is 32.4 Å². The molecule has 0 unspecified atom stereocenters. The minimum Gasteiger partial charge on any atom is -0.147 e. The number of nitrogens with zero attached hydrogens (tertiary/aromatic N) is 1. The molecule has 0 atom stereocenters. The quantitative estimate of drug-likeness (QED) is 0.730. The molecule has 96 valence electrons. The van der Waals surface area contributed by atoms with E-state index in [0.717, 1.165) is 26.2 Å². The van der Waals surface area contributed by atoms with E-state index in [1.54, 1.807) is 0 Å². The van der Waals surface area contributed by atoms with Gasteiger partial charge in [0.1, 0.15) is 0 Å². The Morgan fingerprint density at radius 1 is 0.938 bits per heavy atom. The third kappa shape index (κ3) is 8.94. The standard InChI is InChI=1S/C9H20N3.CH3O.ClH.Ti/c1-4-10-6-2-8-12-9-3-7-11-5-1;1-2;;/h10-11H,1-9H2;1H3;1H;/q2*-1;;+2. The van der Waals surface area contributed by atoms with Gasteiger partial charge in [-0.3, -0.25) is 0 Å². The topological polar surface area (TPSA) is 36.5 Å². The Balaban J connectivity index is 0.00000225. The number of hydrogen-bond donors (Lipinski definition) is 2. The molecule has 0 aliphatic carbocycles. The maximum Gasteiger partial charge on any atom is -0.147 e. The van der Waals surface area contributed by atoms with Gasteiger partial charge in [0.25, 0.3) is 0 Å². The van der Waals surface area contributed by atoms with Gasteiger partial charge >= 0.3 is 103 Å². The molecule has 2 N–H and O–H groups in total. The smallest absolute Gasteiger partial charge is 0.147 e. The predicted molar refractivity (Wildman–Crippen MR) is 65.4 cm³/mol. The summed E-state index contributed by atoms with van der Waals surface area (Å²) < 4.78 is 7.82. The molecule has 6 heteroatoms. The van der Waals surface area contributed by atoms with Gasteiger partial charge in [0.05, 0.1) is 0 Å². The molecular weight excluding hydrogens is 261 g/mol. The maximum atomic E-state index is 5.32. The van der Waals surface area contributed by atoms with Crippen molar-refractivity contribution in [2.24, 2.45) is 0 Å². The van der Waals surface area contributed by atoms with Gasteiger partial charge in [-0.05, 0) is 0 Å². The van der Waals surface area contributed by atoms with Crippen molar-refractivity contribution in [3.63, 3.8) is 0 Å². The molecule has 0 bridgehead atoms. The summed E-state index contributed by atoms with van der Waals surface area (Å²) in [6, 6.07) is 0. The minimum atomic E-state index is -0.311. The molecule has 0 aromatic heterocycles. The maximum absolute atomic E-state index is 5.32. The Labute approximate surface area is 115 Å². The summed E-state index contributed by atoms with van der Waals surface area (Å²) in [5.41, 5.74) is 0. The van der Waals surface area contributed by atoms with Gasteiger partial charge in [-0.1, -0.05) is 0 Å². The van der Waals surface area contributed by atoms with Gasteiger partial charge in [0.2, 0.25) is 0 Å². The molecule has 1 saturated heterocycles. The van der Waals surface area contributed by atoms with Crippen molar-refractivity contribution in [2.45, 2.75) is 19.3 Å². The van der Waals surface area contributed by atoms with Gasteiger partial charge < -0.3 is 0 Å². The van der Waals surface area contributed by atoms with Crippen molar-refractivity contribution in [1.82, 2.24) is 14.0 Å². The van der Waals surface area contributed by atoms with Crippen LogP contribution in [-0.2, 0) is 23.1 Å².